The number of unbranched alkanes of at least 4 members (excludes halogenated alkanes) is 2. The minimum Gasteiger partial charge on any atom is -0.206 e. The molecule has 0 saturated heterocycles. The average Bonchev–Trinajstić information content (AvgIpc) is 2.48. The highest BCUT2D eigenvalue weighted by molar-refractivity contribution is 9.10. The standard InChI is InChI=1S/C20H20BrF/c1-3-4-5-6-16-7-8-17(15(2)13-16)9-10-18-11-12-19(21)14-20(18)22/h7-8,11-14H,3-6H2,1-2H3. The molecule has 0 bridgehead atoms. The summed E-state index contributed by atoms with van der Waals surface area (Å²) in [6, 6.07) is 11.3. The van der Waals surface area contributed by atoms with Crippen LogP contribution in [-0.4, -0.2) is 0 Å². The number of aryl methyl sites for hydroxylation is 2. The van der Waals surface area contributed by atoms with E-state index in [1.165, 1.54) is 30.9 Å². The second-order valence-electron chi connectivity index (χ2n) is 5.48. The highest BCUT2D eigenvalue weighted by Gasteiger charge is 2.01. The normalized spacial score (nSPS) is 10.2. The van der Waals surface area contributed by atoms with Crippen LogP contribution in [-0.2, 0) is 6.42 Å². The van der Waals surface area contributed by atoms with Gasteiger partial charge in [-0.25, -0.2) is 4.39 Å². The van der Waals surface area contributed by atoms with Gasteiger partial charge in [0.1, 0.15) is 5.82 Å². The Morgan fingerprint density at radius 1 is 1.00 bits per heavy atom. The summed E-state index contributed by atoms with van der Waals surface area (Å²) in [6.45, 7) is 4.27. The van der Waals surface area contributed by atoms with Crippen molar-refractivity contribution in [2.45, 2.75) is 39.5 Å². The summed E-state index contributed by atoms with van der Waals surface area (Å²) >= 11 is 3.25. The Morgan fingerprint density at radius 2 is 1.73 bits per heavy atom. The molecule has 0 aromatic heterocycles. The monoisotopic (exact) mass is 358 g/mol. The van der Waals surface area contributed by atoms with Gasteiger partial charge in [0, 0.05) is 10.0 Å². The second kappa shape index (κ2) is 8.15. The van der Waals surface area contributed by atoms with Crippen molar-refractivity contribution in [1.82, 2.24) is 0 Å². The van der Waals surface area contributed by atoms with Gasteiger partial charge in [-0.2, -0.15) is 0 Å². The van der Waals surface area contributed by atoms with Crippen molar-refractivity contribution in [2.24, 2.45) is 0 Å². The molecule has 0 radical (unpaired) electrons. The van der Waals surface area contributed by atoms with Crippen LogP contribution in [0.4, 0.5) is 4.39 Å². The zero-order valence-corrected chi connectivity index (χ0v) is 14.6. The number of rotatable bonds is 4. The van der Waals surface area contributed by atoms with Crippen molar-refractivity contribution in [2.75, 3.05) is 0 Å². The molecule has 0 unspecified atom stereocenters. The van der Waals surface area contributed by atoms with E-state index in [-0.39, 0.29) is 5.82 Å². The van der Waals surface area contributed by atoms with Crippen LogP contribution in [0.15, 0.2) is 40.9 Å². The first kappa shape index (κ1) is 16.8. The molecule has 0 atom stereocenters. The molecule has 2 rings (SSSR count). The van der Waals surface area contributed by atoms with Crippen LogP contribution >= 0.6 is 15.9 Å². The van der Waals surface area contributed by atoms with Gasteiger partial charge < -0.3 is 0 Å². The fraction of sp³-hybridized carbons (Fsp3) is 0.300. The summed E-state index contributed by atoms with van der Waals surface area (Å²) in [7, 11) is 0. The maximum atomic E-state index is 13.8. The van der Waals surface area contributed by atoms with E-state index < -0.39 is 0 Å². The molecular formula is C20H20BrF. The maximum absolute atomic E-state index is 13.8. The molecule has 0 N–H and O–H groups in total. The molecule has 0 heterocycles. The van der Waals surface area contributed by atoms with Gasteiger partial charge in [-0.15, -0.1) is 0 Å². The van der Waals surface area contributed by atoms with Gasteiger partial charge in [0.25, 0.3) is 0 Å². The van der Waals surface area contributed by atoms with Crippen LogP contribution < -0.4 is 0 Å². The predicted molar refractivity (Wildman–Crippen MR) is 94.5 cm³/mol. The van der Waals surface area contributed by atoms with Gasteiger partial charge in [-0.1, -0.05) is 59.7 Å². The minimum atomic E-state index is -0.296. The topological polar surface area (TPSA) is 0 Å². The first-order chi connectivity index (χ1) is 10.6. The molecule has 0 aliphatic carbocycles. The summed E-state index contributed by atoms with van der Waals surface area (Å²) < 4.78 is 14.5. The lowest BCUT2D eigenvalue weighted by molar-refractivity contribution is 0.623. The first-order valence-corrected chi connectivity index (χ1v) is 8.46. The number of hydrogen-bond acceptors (Lipinski definition) is 0. The van der Waals surface area contributed by atoms with Crippen molar-refractivity contribution in [3.8, 4) is 11.8 Å². The molecule has 0 fully saturated rings. The summed E-state index contributed by atoms with van der Waals surface area (Å²) in [6.07, 6.45) is 4.85. The van der Waals surface area contributed by atoms with Crippen LogP contribution in [0.25, 0.3) is 0 Å². The van der Waals surface area contributed by atoms with E-state index in [9.17, 15) is 4.39 Å². The van der Waals surface area contributed by atoms with E-state index in [0.717, 1.165) is 22.0 Å². The van der Waals surface area contributed by atoms with Gasteiger partial charge in [-0.3, -0.25) is 0 Å². The highest BCUT2D eigenvalue weighted by Crippen LogP contribution is 2.16. The second-order valence-corrected chi connectivity index (χ2v) is 6.40. The number of benzene rings is 2. The largest absolute Gasteiger partial charge is 0.206 e. The zero-order valence-electron chi connectivity index (χ0n) is 13.0. The maximum Gasteiger partial charge on any atom is 0.139 e. The summed E-state index contributed by atoms with van der Waals surface area (Å²) in [5.74, 6) is 5.71. The smallest absolute Gasteiger partial charge is 0.139 e. The Bertz CT molecular complexity index is 707. The minimum absolute atomic E-state index is 0.296. The van der Waals surface area contributed by atoms with Gasteiger partial charge in [0.2, 0.25) is 0 Å². The molecule has 0 nitrogen and oxygen atoms in total. The number of halogens is 2. The lowest BCUT2D eigenvalue weighted by Crippen LogP contribution is -1.90. The lowest BCUT2D eigenvalue weighted by Gasteiger charge is -2.04. The SMILES string of the molecule is CCCCCc1ccc(C#Cc2ccc(Br)cc2F)c(C)c1. The van der Waals surface area contributed by atoms with Crippen LogP contribution in [0.3, 0.4) is 0 Å². The summed E-state index contributed by atoms with van der Waals surface area (Å²) in [4.78, 5) is 0. The predicted octanol–water partition coefficient (Wildman–Crippen LogP) is 6.03. The van der Waals surface area contributed by atoms with Crippen molar-refractivity contribution in [3.63, 3.8) is 0 Å². The Kier molecular flexibility index (Phi) is 6.21. The molecule has 22 heavy (non-hydrogen) atoms. The van der Waals surface area contributed by atoms with E-state index in [0.29, 0.717) is 5.56 Å². The quantitative estimate of drug-likeness (QED) is 0.462. The van der Waals surface area contributed by atoms with Gasteiger partial charge >= 0.3 is 0 Å². The average molecular weight is 359 g/mol. The summed E-state index contributed by atoms with van der Waals surface area (Å²) in [5, 5.41) is 0. The molecule has 0 spiro atoms. The molecule has 2 heteroatoms. The number of hydrogen-bond donors (Lipinski definition) is 0. The Hall–Kier alpha value is -1.59. The van der Waals surface area contributed by atoms with Crippen LogP contribution in [0, 0.1) is 24.6 Å². The molecule has 2 aromatic rings. The first-order valence-electron chi connectivity index (χ1n) is 7.66. The fourth-order valence-electron chi connectivity index (χ4n) is 2.33. The van der Waals surface area contributed by atoms with Gasteiger partial charge in [0.15, 0.2) is 0 Å². The third-order valence-corrected chi connectivity index (χ3v) is 4.12. The van der Waals surface area contributed by atoms with E-state index >= 15 is 0 Å². The van der Waals surface area contributed by atoms with Crippen molar-refractivity contribution in [3.05, 3.63) is 68.9 Å². The zero-order chi connectivity index (χ0) is 15.9. The van der Waals surface area contributed by atoms with Crippen molar-refractivity contribution < 1.29 is 4.39 Å². The van der Waals surface area contributed by atoms with E-state index in [4.69, 9.17) is 0 Å². The van der Waals surface area contributed by atoms with E-state index in [1.54, 1.807) is 12.1 Å². The van der Waals surface area contributed by atoms with Crippen LogP contribution in [0.5, 0.6) is 0 Å². The highest BCUT2D eigenvalue weighted by atomic mass is 79.9. The Balaban J connectivity index is 2.15. The molecular weight excluding hydrogens is 339 g/mol. The van der Waals surface area contributed by atoms with Gasteiger partial charge in [0.05, 0.1) is 5.56 Å². The third kappa shape index (κ3) is 4.71. The Labute approximate surface area is 140 Å². The molecule has 0 amide bonds. The van der Waals surface area contributed by atoms with Crippen LogP contribution in [0.2, 0.25) is 0 Å². The third-order valence-electron chi connectivity index (χ3n) is 3.62. The van der Waals surface area contributed by atoms with Crippen LogP contribution in [0.1, 0.15) is 48.4 Å². The molecule has 0 aliphatic heterocycles. The van der Waals surface area contributed by atoms with E-state index in [1.807, 2.05) is 6.07 Å². The molecule has 2 aromatic carbocycles. The fourth-order valence-corrected chi connectivity index (χ4v) is 2.66. The molecule has 114 valence electrons. The van der Waals surface area contributed by atoms with Crippen molar-refractivity contribution in [1.29, 1.82) is 0 Å². The van der Waals surface area contributed by atoms with Gasteiger partial charge in [-0.05, 0) is 55.2 Å². The molecule has 0 aliphatic rings. The molecule has 0 saturated carbocycles. The van der Waals surface area contributed by atoms with Crippen molar-refractivity contribution >= 4 is 15.9 Å². The van der Waals surface area contributed by atoms with E-state index in [2.05, 4.69) is 53.8 Å². The lowest BCUT2D eigenvalue weighted by atomic mass is 10.0. The Morgan fingerprint density at radius 3 is 2.41 bits per heavy atom. The summed E-state index contributed by atoms with van der Waals surface area (Å²) in [5.41, 5.74) is 3.89.